The van der Waals surface area contributed by atoms with Crippen LogP contribution >= 0.6 is 11.3 Å². The van der Waals surface area contributed by atoms with Gasteiger partial charge in [0.05, 0.1) is 5.69 Å². The van der Waals surface area contributed by atoms with Crippen LogP contribution in [0.1, 0.15) is 16.6 Å². The SMILES string of the molecule is C[C@H](OC(=O)c1cc2c(F)cccc2s1)C(=O)Nc1cc(F)ccc1F. The van der Waals surface area contributed by atoms with Crippen molar-refractivity contribution in [1.29, 1.82) is 0 Å². The van der Waals surface area contributed by atoms with Gasteiger partial charge in [-0.2, -0.15) is 0 Å². The monoisotopic (exact) mass is 379 g/mol. The van der Waals surface area contributed by atoms with Crippen LogP contribution in [-0.4, -0.2) is 18.0 Å². The minimum Gasteiger partial charge on any atom is -0.448 e. The number of carbonyl (C=O) groups excluding carboxylic acids is 2. The number of fused-ring (bicyclic) bond motifs is 1. The van der Waals surface area contributed by atoms with E-state index < -0.39 is 35.4 Å². The van der Waals surface area contributed by atoms with Crippen molar-refractivity contribution in [3.8, 4) is 0 Å². The summed E-state index contributed by atoms with van der Waals surface area (Å²) in [6, 6.07) is 8.39. The summed E-state index contributed by atoms with van der Waals surface area (Å²) in [7, 11) is 0. The molecular formula is C18H12F3NO3S. The smallest absolute Gasteiger partial charge is 0.349 e. The van der Waals surface area contributed by atoms with Gasteiger partial charge in [-0.25, -0.2) is 18.0 Å². The number of thiophene rings is 1. The number of halogens is 3. The molecule has 134 valence electrons. The van der Waals surface area contributed by atoms with Crippen LogP contribution in [0.2, 0.25) is 0 Å². The van der Waals surface area contributed by atoms with Gasteiger partial charge in [0.15, 0.2) is 6.10 Å². The molecule has 0 bridgehead atoms. The Morgan fingerprint density at radius 3 is 2.58 bits per heavy atom. The maximum atomic E-state index is 13.7. The third-order valence-electron chi connectivity index (χ3n) is 3.55. The molecule has 0 saturated heterocycles. The van der Waals surface area contributed by atoms with Crippen molar-refractivity contribution in [2.24, 2.45) is 0 Å². The van der Waals surface area contributed by atoms with Crippen molar-refractivity contribution >= 4 is 39.0 Å². The lowest BCUT2D eigenvalue weighted by atomic mass is 10.2. The first-order chi connectivity index (χ1) is 12.3. The van der Waals surface area contributed by atoms with Crippen molar-refractivity contribution in [1.82, 2.24) is 0 Å². The van der Waals surface area contributed by atoms with E-state index in [4.69, 9.17) is 4.74 Å². The molecular weight excluding hydrogens is 367 g/mol. The molecule has 0 aliphatic carbocycles. The minimum atomic E-state index is -1.26. The molecule has 1 atom stereocenters. The second-order valence-corrected chi connectivity index (χ2v) is 6.51. The summed E-state index contributed by atoms with van der Waals surface area (Å²) in [5, 5.41) is 2.44. The summed E-state index contributed by atoms with van der Waals surface area (Å²) >= 11 is 1.03. The number of carbonyl (C=O) groups is 2. The molecule has 2 aromatic carbocycles. The topological polar surface area (TPSA) is 55.4 Å². The minimum absolute atomic E-state index is 0.127. The third kappa shape index (κ3) is 3.70. The molecule has 3 aromatic rings. The molecule has 4 nitrogen and oxygen atoms in total. The number of amides is 1. The Bertz CT molecular complexity index is 1000. The number of ether oxygens (including phenoxy) is 1. The Kier molecular flexibility index (Phi) is 4.94. The van der Waals surface area contributed by atoms with Crippen LogP contribution in [0.15, 0.2) is 42.5 Å². The zero-order valence-electron chi connectivity index (χ0n) is 13.4. The zero-order chi connectivity index (χ0) is 18.8. The highest BCUT2D eigenvalue weighted by Crippen LogP contribution is 2.28. The molecule has 0 radical (unpaired) electrons. The third-order valence-corrected chi connectivity index (χ3v) is 4.63. The molecule has 1 N–H and O–H groups in total. The van der Waals surface area contributed by atoms with Crippen molar-refractivity contribution in [3.05, 3.63) is 64.8 Å². The first-order valence-corrected chi connectivity index (χ1v) is 8.32. The maximum absolute atomic E-state index is 13.7. The molecule has 1 aromatic heterocycles. The quantitative estimate of drug-likeness (QED) is 0.679. The summed E-state index contributed by atoms with van der Waals surface area (Å²) < 4.78 is 46.0. The van der Waals surface area contributed by atoms with Gasteiger partial charge < -0.3 is 10.1 Å². The normalized spacial score (nSPS) is 12.0. The van der Waals surface area contributed by atoms with Gasteiger partial charge in [0.2, 0.25) is 0 Å². The van der Waals surface area contributed by atoms with E-state index in [1.54, 1.807) is 6.07 Å². The molecule has 1 heterocycles. The fourth-order valence-electron chi connectivity index (χ4n) is 2.23. The summed E-state index contributed by atoms with van der Waals surface area (Å²) in [5.74, 6) is -3.65. The average molecular weight is 379 g/mol. The van der Waals surface area contributed by atoms with Crippen LogP contribution in [0.3, 0.4) is 0 Å². The fraction of sp³-hybridized carbons (Fsp3) is 0.111. The van der Waals surface area contributed by atoms with Gasteiger partial charge in [0.25, 0.3) is 5.91 Å². The lowest BCUT2D eigenvalue weighted by molar-refractivity contribution is -0.123. The highest BCUT2D eigenvalue weighted by Gasteiger charge is 2.22. The second-order valence-electron chi connectivity index (χ2n) is 5.42. The Labute approximate surface area is 150 Å². The van der Waals surface area contributed by atoms with Gasteiger partial charge >= 0.3 is 5.97 Å². The molecule has 0 aliphatic heterocycles. The first-order valence-electron chi connectivity index (χ1n) is 7.50. The standard InChI is InChI=1S/C18H12F3NO3S/c1-9(17(23)22-14-7-10(19)5-6-13(14)21)25-18(24)16-8-11-12(20)3-2-4-15(11)26-16/h2-9H,1H3,(H,22,23)/t9-/m0/s1. The van der Waals surface area contributed by atoms with Gasteiger partial charge in [-0.1, -0.05) is 6.07 Å². The largest absolute Gasteiger partial charge is 0.448 e. The number of benzene rings is 2. The van der Waals surface area contributed by atoms with E-state index in [-0.39, 0.29) is 16.0 Å². The van der Waals surface area contributed by atoms with E-state index in [0.717, 1.165) is 29.5 Å². The van der Waals surface area contributed by atoms with Gasteiger partial charge in [0.1, 0.15) is 22.3 Å². The molecule has 0 aliphatic rings. The van der Waals surface area contributed by atoms with E-state index in [2.05, 4.69) is 5.32 Å². The van der Waals surface area contributed by atoms with Gasteiger partial charge in [-0.3, -0.25) is 4.79 Å². The number of rotatable bonds is 4. The summed E-state index contributed by atoms with van der Waals surface area (Å²) in [6.07, 6.45) is -1.26. The van der Waals surface area contributed by atoms with E-state index >= 15 is 0 Å². The molecule has 0 unspecified atom stereocenters. The lowest BCUT2D eigenvalue weighted by Gasteiger charge is -2.13. The Morgan fingerprint density at radius 2 is 1.85 bits per heavy atom. The Morgan fingerprint density at radius 1 is 1.08 bits per heavy atom. The summed E-state index contributed by atoms with van der Waals surface area (Å²) in [4.78, 5) is 24.3. The van der Waals surface area contributed by atoms with E-state index in [9.17, 15) is 22.8 Å². The Hall–Kier alpha value is -2.87. The number of nitrogens with one attached hydrogen (secondary N) is 1. The van der Waals surface area contributed by atoms with Crippen molar-refractivity contribution in [2.75, 3.05) is 5.32 Å². The van der Waals surface area contributed by atoms with E-state index in [1.165, 1.54) is 25.1 Å². The molecule has 0 fully saturated rings. The summed E-state index contributed by atoms with van der Waals surface area (Å²) in [6.45, 7) is 1.29. The predicted molar refractivity (Wildman–Crippen MR) is 91.6 cm³/mol. The average Bonchev–Trinajstić information content (AvgIpc) is 3.04. The molecule has 8 heteroatoms. The molecule has 0 spiro atoms. The first kappa shape index (κ1) is 17.9. The number of hydrogen-bond acceptors (Lipinski definition) is 4. The predicted octanol–water partition coefficient (Wildman–Crippen LogP) is 4.50. The molecule has 3 rings (SSSR count). The van der Waals surface area contributed by atoms with Gasteiger partial charge in [-0.05, 0) is 37.3 Å². The van der Waals surface area contributed by atoms with E-state index in [0.29, 0.717) is 4.70 Å². The van der Waals surface area contributed by atoms with Crippen LogP contribution in [0.4, 0.5) is 18.9 Å². The van der Waals surface area contributed by atoms with Gasteiger partial charge in [-0.15, -0.1) is 11.3 Å². The second kappa shape index (κ2) is 7.17. The number of hydrogen-bond donors (Lipinski definition) is 1. The van der Waals surface area contributed by atoms with Crippen LogP contribution in [0.25, 0.3) is 10.1 Å². The molecule has 26 heavy (non-hydrogen) atoms. The maximum Gasteiger partial charge on any atom is 0.349 e. The van der Waals surface area contributed by atoms with Crippen LogP contribution in [0, 0.1) is 17.5 Å². The highest BCUT2D eigenvalue weighted by atomic mass is 32.1. The van der Waals surface area contributed by atoms with Crippen molar-refractivity contribution in [3.63, 3.8) is 0 Å². The number of esters is 1. The molecule has 1 amide bonds. The zero-order valence-corrected chi connectivity index (χ0v) is 14.2. The van der Waals surface area contributed by atoms with Gasteiger partial charge in [0, 0.05) is 16.2 Å². The Balaban J connectivity index is 1.70. The van der Waals surface area contributed by atoms with E-state index in [1.807, 2.05) is 0 Å². The van der Waals surface area contributed by atoms with Crippen LogP contribution in [-0.2, 0) is 9.53 Å². The summed E-state index contributed by atoms with van der Waals surface area (Å²) in [5.41, 5.74) is -0.359. The van der Waals surface area contributed by atoms with Crippen molar-refractivity contribution < 1.29 is 27.5 Å². The van der Waals surface area contributed by atoms with Crippen LogP contribution in [0.5, 0.6) is 0 Å². The highest BCUT2D eigenvalue weighted by molar-refractivity contribution is 7.20. The van der Waals surface area contributed by atoms with Crippen molar-refractivity contribution in [2.45, 2.75) is 13.0 Å². The number of anilines is 1. The van der Waals surface area contributed by atoms with Crippen LogP contribution < -0.4 is 5.32 Å². The molecule has 0 saturated carbocycles. The fourth-order valence-corrected chi connectivity index (χ4v) is 3.18. The lowest BCUT2D eigenvalue weighted by Crippen LogP contribution is -2.30.